The van der Waals surface area contributed by atoms with E-state index in [1.807, 2.05) is 56.3 Å². The van der Waals surface area contributed by atoms with Crippen molar-refractivity contribution >= 4 is 30.3 Å². The van der Waals surface area contributed by atoms with Gasteiger partial charge in [-0.3, -0.25) is 14.3 Å². The van der Waals surface area contributed by atoms with Gasteiger partial charge < -0.3 is 34.6 Å². The summed E-state index contributed by atoms with van der Waals surface area (Å²) in [5.74, 6) is 0.0911. The van der Waals surface area contributed by atoms with Crippen molar-refractivity contribution in [2.45, 2.75) is 70.5 Å². The van der Waals surface area contributed by atoms with Crippen molar-refractivity contribution in [3.05, 3.63) is 82.8 Å². The van der Waals surface area contributed by atoms with Crippen LogP contribution in [0.4, 0.5) is 5.69 Å². The lowest BCUT2D eigenvalue weighted by atomic mass is 9.72. The molecule has 3 aliphatic rings. The van der Waals surface area contributed by atoms with E-state index < -0.39 is 41.6 Å². The number of aliphatic hydroxyl groups is 1. The molecule has 0 fully saturated rings. The average molecular weight is 645 g/mol. The summed E-state index contributed by atoms with van der Waals surface area (Å²) in [6, 6.07) is 12.0. The van der Waals surface area contributed by atoms with E-state index in [4.69, 9.17) is 18.6 Å². The summed E-state index contributed by atoms with van der Waals surface area (Å²) < 4.78 is 22.2. The third-order valence-electron chi connectivity index (χ3n) is 8.97. The van der Waals surface area contributed by atoms with Gasteiger partial charge in [0.25, 0.3) is 0 Å². The molecule has 1 spiro atoms. The maximum atomic E-state index is 13.9. The van der Waals surface area contributed by atoms with Crippen molar-refractivity contribution in [3.8, 4) is 17.3 Å². The lowest BCUT2D eigenvalue weighted by molar-refractivity contribution is -0.135. The van der Waals surface area contributed by atoms with Gasteiger partial charge in [0.05, 0.1) is 12.2 Å². The largest absolute Gasteiger partial charge is 0.469 e. The fraction of sp³-hybridized carbons (Fsp3) is 0.394. The van der Waals surface area contributed by atoms with Gasteiger partial charge in [0.1, 0.15) is 35.6 Å². The van der Waals surface area contributed by atoms with E-state index in [1.54, 1.807) is 20.1 Å². The smallest absolute Gasteiger partial charge is 0.249 e. The highest BCUT2D eigenvalue weighted by Crippen LogP contribution is 2.59. The number of hydrogen-bond donors (Lipinski definition) is 6. The van der Waals surface area contributed by atoms with Gasteiger partial charge in [-0.05, 0) is 35.1 Å². The van der Waals surface area contributed by atoms with E-state index >= 15 is 0 Å². The number of oxazole rings is 2. The summed E-state index contributed by atoms with van der Waals surface area (Å²) >= 11 is 4.11. The molecule has 0 radical (unpaired) electrons. The Morgan fingerprint density at radius 2 is 1.93 bits per heavy atom. The summed E-state index contributed by atoms with van der Waals surface area (Å²) in [4.78, 5) is 36.7. The van der Waals surface area contributed by atoms with Crippen molar-refractivity contribution in [1.29, 1.82) is 0 Å². The molecule has 5 heterocycles. The number of carbonyl (C=O) groups is 2. The summed E-state index contributed by atoms with van der Waals surface area (Å²) in [6.45, 7) is 7.75. The predicted octanol–water partition coefficient (Wildman–Crippen LogP) is 3.61. The number of carbonyl (C=O) groups excluding carboxylic acids is 2. The van der Waals surface area contributed by atoms with E-state index in [9.17, 15) is 14.7 Å². The second-order valence-electron chi connectivity index (χ2n) is 12.7. The van der Waals surface area contributed by atoms with Gasteiger partial charge >= 0.3 is 0 Å². The van der Waals surface area contributed by atoms with Crippen molar-refractivity contribution in [1.82, 2.24) is 25.3 Å². The first kappa shape index (κ1) is 30.3. The van der Waals surface area contributed by atoms with Crippen molar-refractivity contribution in [2.24, 2.45) is 11.8 Å². The number of anilines is 1. The van der Waals surface area contributed by atoms with E-state index in [-0.39, 0.29) is 30.0 Å². The molecule has 2 aromatic carbocycles. The van der Waals surface area contributed by atoms with Crippen LogP contribution in [0, 0.1) is 11.8 Å². The standard InChI is InChI=1S/C33H36N6O6S/c1-15(2)24-31-39-25(30-35-18(13-34-46)14-43-30)27(45-31)33-19-7-5-6-8-21(19)37-32(33)44-23-10-9-17(11-20(23)33)12-22(28(41)38-24)36-29(42)26(40)16(3)4/h5-11,14-16,22,24,26,32,34,37,40,46H,12-13H2,1-4H3,(H,36,42)(H,38,41)/t22?,24?,26-,32?,33?/m0/s1. The highest BCUT2D eigenvalue weighted by molar-refractivity contribution is 7.78. The number of para-hydroxylation sites is 1. The predicted molar refractivity (Wildman–Crippen MR) is 171 cm³/mol. The zero-order chi connectivity index (χ0) is 32.3. The fourth-order valence-corrected chi connectivity index (χ4v) is 6.75. The number of aromatic nitrogens is 2. The summed E-state index contributed by atoms with van der Waals surface area (Å²) in [5, 5.41) is 19.9. The van der Waals surface area contributed by atoms with Gasteiger partial charge in [0.2, 0.25) is 23.6 Å². The van der Waals surface area contributed by atoms with Crippen LogP contribution < -0.4 is 25.4 Å². The number of ether oxygens (including phenoxy) is 1. The van der Waals surface area contributed by atoms with E-state index in [0.29, 0.717) is 29.4 Å². The number of fused-ring (bicyclic) bond motifs is 4. The monoisotopic (exact) mass is 644 g/mol. The Bertz CT molecular complexity index is 1820. The lowest BCUT2D eigenvalue weighted by Gasteiger charge is -2.29. The Kier molecular flexibility index (Phi) is 7.57. The highest BCUT2D eigenvalue weighted by Gasteiger charge is 2.61. The maximum absolute atomic E-state index is 13.9. The number of amides is 2. The van der Waals surface area contributed by atoms with Crippen LogP contribution in [0.25, 0.3) is 11.6 Å². The highest BCUT2D eigenvalue weighted by atomic mass is 32.1. The molecule has 0 saturated carbocycles. The van der Waals surface area contributed by atoms with Crippen LogP contribution in [0.1, 0.15) is 67.8 Å². The Labute approximate surface area is 271 Å². The lowest BCUT2D eigenvalue weighted by Crippen LogP contribution is -2.52. The molecule has 5 atom stereocenters. The van der Waals surface area contributed by atoms with Crippen LogP contribution in [-0.4, -0.2) is 45.3 Å². The second kappa shape index (κ2) is 11.5. The molecule has 2 amide bonds. The summed E-state index contributed by atoms with van der Waals surface area (Å²) in [7, 11) is 0. The van der Waals surface area contributed by atoms with Gasteiger partial charge in [-0.1, -0.05) is 70.8 Å². The second-order valence-corrected chi connectivity index (χ2v) is 13.0. The van der Waals surface area contributed by atoms with Crippen LogP contribution in [0.3, 0.4) is 0 Å². The minimum absolute atomic E-state index is 0.159. The molecule has 13 heteroatoms. The molecule has 12 nitrogen and oxygen atoms in total. The first-order valence-corrected chi connectivity index (χ1v) is 15.8. The first-order chi connectivity index (χ1) is 22.1. The molecular formula is C33H36N6O6S. The Balaban J connectivity index is 1.47. The molecule has 4 aromatic rings. The molecule has 5 N–H and O–H groups in total. The minimum Gasteiger partial charge on any atom is -0.469 e. The van der Waals surface area contributed by atoms with E-state index in [1.165, 1.54) is 0 Å². The minimum atomic E-state index is -1.27. The van der Waals surface area contributed by atoms with Gasteiger partial charge in [0, 0.05) is 17.7 Å². The summed E-state index contributed by atoms with van der Waals surface area (Å²) in [6.07, 6.45) is -0.141. The maximum Gasteiger partial charge on any atom is 0.249 e. The van der Waals surface area contributed by atoms with Crippen molar-refractivity contribution < 1.29 is 28.3 Å². The fourth-order valence-electron chi connectivity index (χ4n) is 6.59. The normalized spacial score (nSPS) is 23.5. The van der Waals surface area contributed by atoms with Crippen LogP contribution in [0.5, 0.6) is 5.75 Å². The van der Waals surface area contributed by atoms with Crippen molar-refractivity contribution in [2.75, 3.05) is 5.32 Å². The topological polar surface area (TPSA) is 164 Å². The zero-order valence-corrected chi connectivity index (χ0v) is 26.7. The number of benzene rings is 2. The Morgan fingerprint density at radius 1 is 1.13 bits per heavy atom. The molecule has 7 rings (SSSR count). The number of rotatable bonds is 7. The van der Waals surface area contributed by atoms with E-state index in [0.717, 1.165) is 22.4 Å². The molecule has 3 aliphatic heterocycles. The molecule has 4 bridgehead atoms. The third kappa shape index (κ3) is 4.76. The zero-order valence-electron chi connectivity index (χ0n) is 25.8. The number of thiol groups is 1. The molecule has 46 heavy (non-hydrogen) atoms. The van der Waals surface area contributed by atoms with Crippen LogP contribution in [0.2, 0.25) is 0 Å². The molecule has 0 aliphatic carbocycles. The van der Waals surface area contributed by atoms with Gasteiger partial charge in [0.15, 0.2) is 17.7 Å². The Hall–Kier alpha value is -4.33. The van der Waals surface area contributed by atoms with Crippen LogP contribution in [-0.2, 0) is 28.0 Å². The molecular weight excluding hydrogens is 608 g/mol. The number of nitrogens with one attached hydrogen (secondary N) is 4. The molecule has 0 saturated heterocycles. The molecule has 2 aromatic heterocycles. The quantitative estimate of drug-likeness (QED) is 0.164. The van der Waals surface area contributed by atoms with Gasteiger partial charge in [-0.25, -0.2) is 9.97 Å². The average Bonchev–Trinajstić information content (AvgIpc) is 3.79. The number of hydrogen-bond acceptors (Lipinski definition) is 11. The third-order valence-corrected chi connectivity index (χ3v) is 9.12. The van der Waals surface area contributed by atoms with Crippen LogP contribution >= 0.6 is 12.8 Å². The Morgan fingerprint density at radius 3 is 2.70 bits per heavy atom. The molecule has 4 unspecified atom stereocenters. The van der Waals surface area contributed by atoms with Gasteiger partial charge in [-0.2, -0.15) is 0 Å². The number of aliphatic hydroxyl groups excluding tert-OH is 1. The van der Waals surface area contributed by atoms with E-state index in [2.05, 4.69) is 38.5 Å². The van der Waals surface area contributed by atoms with Crippen molar-refractivity contribution in [3.63, 3.8) is 0 Å². The first-order valence-electron chi connectivity index (χ1n) is 15.4. The summed E-state index contributed by atoms with van der Waals surface area (Å²) in [5.41, 5.74) is 3.41. The van der Waals surface area contributed by atoms with Crippen LogP contribution in [0.15, 0.2) is 57.6 Å². The number of nitrogens with zero attached hydrogens (tertiary/aromatic N) is 2. The molecule has 240 valence electrons. The van der Waals surface area contributed by atoms with Gasteiger partial charge in [-0.15, -0.1) is 0 Å². The SMILES string of the molecule is CC(C)C1NC(=O)C(NC(=O)[C@@H](O)C(C)C)Cc2ccc3c(c2)C2(c4ccccc4NC2O3)c2oc1nc2-c1nc(CNS)co1.